The summed E-state index contributed by atoms with van der Waals surface area (Å²) in [6.07, 6.45) is 1.42. The van der Waals surface area contributed by atoms with E-state index in [1.807, 2.05) is 30.3 Å². The summed E-state index contributed by atoms with van der Waals surface area (Å²) in [4.78, 5) is 28.6. The maximum atomic E-state index is 13.1. The number of carbonyl (C=O) groups is 2. The van der Waals surface area contributed by atoms with Gasteiger partial charge in [0.15, 0.2) is 0 Å². The van der Waals surface area contributed by atoms with E-state index >= 15 is 0 Å². The molecule has 0 unspecified atom stereocenters. The molecule has 0 bridgehead atoms. The predicted molar refractivity (Wildman–Crippen MR) is 127 cm³/mol. The van der Waals surface area contributed by atoms with Crippen LogP contribution in [0.5, 0.6) is 5.75 Å². The van der Waals surface area contributed by atoms with Gasteiger partial charge in [0.25, 0.3) is 5.91 Å². The number of benzene rings is 2. The van der Waals surface area contributed by atoms with E-state index in [0.717, 1.165) is 11.1 Å². The molecule has 3 aromatic rings. The average Bonchev–Trinajstić information content (AvgIpc) is 3.26. The van der Waals surface area contributed by atoms with Gasteiger partial charge in [0.2, 0.25) is 5.91 Å². The zero-order valence-electron chi connectivity index (χ0n) is 18.6. The number of halogens is 1. The third kappa shape index (κ3) is 6.06. The molecule has 0 radical (unpaired) electrons. The number of morpholine rings is 1. The number of ether oxygens (including phenoxy) is 2. The van der Waals surface area contributed by atoms with Crippen molar-refractivity contribution in [2.24, 2.45) is 0 Å². The molecule has 178 valence electrons. The molecule has 10 heteroatoms. The van der Waals surface area contributed by atoms with E-state index < -0.39 is 0 Å². The van der Waals surface area contributed by atoms with Gasteiger partial charge in [-0.3, -0.25) is 14.7 Å². The van der Waals surface area contributed by atoms with Gasteiger partial charge in [-0.15, -0.1) is 0 Å². The smallest absolute Gasteiger partial charge is 0.259 e. The van der Waals surface area contributed by atoms with Crippen molar-refractivity contribution in [2.75, 3.05) is 38.6 Å². The fraction of sp³-hybridized carbons (Fsp3) is 0.292. The highest BCUT2D eigenvalue weighted by Gasteiger charge is 2.21. The number of nitrogens with two attached hydrogens (primary N) is 1. The minimum Gasteiger partial charge on any atom is -0.492 e. The first-order chi connectivity index (χ1) is 16.5. The summed E-state index contributed by atoms with van der Waals surface area (Å²) in [5.41, 5.74) is 8.14. The third-order valence-corrected chi connectivity index (χ3v) is 5.70. The Kier molecular flexibility index (Phi) is 7.66. The van der Waals surface area contributed by atoms with Crippen molar-refractivity contribution in [2.45, 2.75) is 13.1 Å². The Morgan fingerprint density at radius 3 is 2.74 bits per heavy atom. The summed E-state index contributed by atoms with van der Waals surface area (Å²) in [5.74, 6) is 0.592. The number of aromatic nitrogens is 2. The first kappa shape index (κ1) is 23.6. The molecule has 1 aliphatic heterocycles. The number of amides is 2. The number of aromatic amines is 1. The van der Waals surface area contributed by atoms with E-state index in [1.165, 1.54) is 6.20 Å². The molecule has 0 saturated carbocycles. The Balaban J connectivity index is 1.42. The van der Waals surface area contributed by atoms with Gasteiger partial charge in [0, 0.05) is 24.7 Å². The molecule has 2 aromatic carbocycles. The summed E-state index contributed by atoms with van der Waals surface area (Å²) in [7, 11) is 0. The highest BCUT2D eigenvalue weighted by molar-refractivity contribution is 6.30. The van der Waals surface area contributed by atoms with E-state index in [4.69, 9.17) is 26.8 Å². The molecular formula is C24H26ClN5O4. The number of rotatable bonds is 9. The molecule has 0 spiro atoms. The number of nitrogen functional groups attached to an aromatic ring is 1. The van der Waals surface area contributed by atoms with Crippen molar-refractivity contribution in [3.63, 3.8) is 0 Å². The molecule has 1 aliphatic rings. The highest BCUT2D eigenvalue weighted by atomic mass is 35.5. The third-order valence-electron chi connectivity index (χ3n) is 5.47. The lowest BCUT2D eigenvalue weighted by Crippen LogP contribution is -2.40. The minimum absolute atomic E-state index is 0.00972. The number of anilines is 1. The van der Waals surface area contributed by atoms with Gasteiger partial charge in [-0.25, -0.2) is 0 Å². The highest BCUT2D eigenvalue weighted by Crippen LogP contribution is 2.18. The van der Waals surface area contributed by atoms with E-state index in [0.29, 0.717) is 49.1 Å². The van der Waals surface area contributed by atoms with Crippen molar-refractivity contribution >= 4 is 29.2 Å². The number of hydrogen-bond donors (Lipinski definition) is 2. The van der Waals surface area contributed by atoms with E-state index in [2.05, 4.69) is 10.2 Å². The molecule has 9 nitrogen and oxygen atoms in total. The van der Waals surface area contributed by atoms with E-state index in [-0.39, 0.29) is 30.8 Å². The van der Waals surface area contributed by atoms with Gasteiger partial charge in [0.1, 0.15) is 30.3 Å². The van der Waals surface area contributed by atoms with Gasteiger partial charge >= 0.3 is 0 Å². The van der Waals surface area contributed by atoms with Crippen LogP contribution in [0.25, 0.3) is 0 Å². The standard InChI is InChI=1S/C24H26ClN5O4/c25-19-2-1-3-20(12-19)34-11-9-30(24(32)21-13-27-28-23(21)26)15-18-6-4-17(5-7-18)14-29-8-10-33-16-22(29)31/h1-7,12-13H,8-11,14-16H2,(H3,26,27,28). The van der Waals surface area contributed by atoms with Crippen molar-refractivity contribution < 1.29 is 19.1 Å². The second-order valence-corrected chi connectivity index (χ2v) is 8.35. The number of nitrogens with one attached hydrogen (secondary N) is 1. The molecular weight excluding hydrogens is 458 g/mol. The number of H-pyrrole nitrogens is 1. The van der Waals surface area contributed by atoms with Crippen LogP contribution < -0.4 is 10.5 Å². The molecule has 1 saturated heterocycles. The van der Waals surface area contributed by atoms with Gasteiger partial charge in [-0.2, -0.15) is 5.10 Å². The normalized spacial score (nSPS) is 13.7. The van der Waals surface area contributed by atoms with Crippen LogP contribution in [0.1, 0.15) is 21.5 Å². The zero-order valence-corrected chi connectivity index (χ0v) is 19.3. The van der Waals surface area contributed by atoms with Crippen LogP contribution in [0.3, 0.4) is 0 Å². The van der Waals surface area contributed by atoms with Crippen LogP contribution in [0.2, 0.25) is 5.02 Å². The Morgan fingerprint density at radius 1 is 1.24 bits per heavy atom. The largest absolute Gasteiger partial charge is 0.492 e. The molecule has 4 rings (SSSR count). The summed E-state index contributed by atoms with van der Waals surface area (Å²) >= 11 is 6.01. The fourth-order valence-corrected chi connectivity index (χ4v) is 3.81. The topological polar surface area (TPSA) is 114 Å². The second kappa shape index (κ2) is 11.0. The second-order valence-electron chi connectivity index (χ2n) is 7.91. The average molecular weight is 484 g/mol. The first-order valence-electron chi connectivity index (χ1n) is 10.9. The lowest BCUT2D eigenvalue weighted by atomic mass is 10.1. The lowest BCUT2D eigenvalue weighted by Gasteiger charge is -2.27. The predicted octanol–water partition coefficient (Wildman–Crippen LogP) is 2.73. The fourth-order valence-electron chi connectivity index (χ4n) is 3.63. The zero-order chi connectivity index (χ0) is 23.9. The van der Waals surface area contributed by atoms with Crippen LogP contribution in [0.15, 0.2) is 54.7 Å². The molecule has 0 atom stereocenters. The van der Waals surface area contributed by atoms with Crippen molar-refractivity contribution in [1.82, 2.24) is 20.0 Å². The van der Waals surface area contributed by atoms with Crippen molar-refractivity contribution in [1.29, 1.82) is 0 Å². The molecule has 1 aromatic heterocycles. The van der Waals surface area contributed by atoms with E-state index in [9.17, 15) is 9.59 Å². The monoisotopic (exact) mass is 483 g/mol. The van der Waals surface area contributed by atoms with Crippen LogP contribution >= 0.6 is 11.6 Å². The first-order valence-corrected chi connectivity index (χ1v) is 11.3. The van der Waals surface area contributed by atoms with Crippen LogP contribution in [0.4, 0.5) is 5.82 Å². The summed E-state index contributed by atoms with van der Waals surface area (Å²) < 4.78 is 11.0. The molecule has 0 aliphatic carbocycles. The maximum absolute atomic E-state index is 13.1. The van der Waals surface area contributed by atoms with Crippen LogP contribution in [-0.4, -0.2) is 64.7 Å². The summed E-state index contributed by atoms with van der Waals surface area (Å²) in [6, 6.07) is 15.0. The molecule has 34 heavy (non-hydrogen) atoms. The van der Waals surface area contributed by atoms with Gasteiger partial charge < -0.3 is 25.0 Å². The Morgan fingerprint density at radius 2 is 2.03 bits per heavy atom. The minimum atomic E-state index is -0.246. The SMILES string of the molecule is Nc1[nH]ncc1C(=O)N(CCOc1cccc(Cl)c1)Cc1ccc(CN2CCOCC2=O)cc1. The number of carbonyl (C=O) groups excluding carboxylic acids is 2. The summed E-state index contributed by atoms with van der Waals surface area (Å²) in [6.45, 7) is 2.77. The maximum Gasteiger partial charge on any atom is 0.259 e. The van der Waals surface area contributed by atoms with E-state index in [1.54, 1.807) is 28.0 Å². The quantitative estimate of drug-likeness (QED) is 0.483. The van der Waals surface area contributed by atoms with Crippen molar-refractivity contribution in [3.05, 3.63) is 76.4 Å². The van der Waals surface area contributed by atoms with Gasteiger partial charge in [-0.1, -0.05) is 41.9 Å². The molecule has 2 amide bonds. The molecule has 1 fully saturated rings. The summed E-state index contributed by atoms with van der Waals surface area (Å²) in [5, 5.41) is 7.04. The Bertz CT molecular complexity index is 1130. The van der Waals surface area contributed by atoms with Crippen LogP contribution in [0, 0.1) is 0 Å². The van der Waals surface area contributed by atoms with Crippen LogP contribution in [-0.2, 0) is 22.6 Å². The number of hydrogen-bond acceptors (Lipinski definition) is 6. The Labute approximate surface area is 202 Å². The molecule has 2 heterocycles. The Hall–Kier alpha value is -3.56. The lowest BCUT2D eigenvalue weighted by molar-refractivity contribution is -0.143. The van der Waals surface area contributed by atoms with Crippen molar-refractivity contribution in [3.8, 4) is 5.75 Å². The number of nitrogens with zero attached hydrogens (tertiary/aromatic N) is 3. The molecule has 3 N–H and O–H groups in total. The van der Waals surface area contributed by atoms with Gasteiger partial charge in [-0.05, 0) is 29.3 Å². The van der Waals surface area contributed by atoms with Gasteiger partial charge in [0.05, 0.1) is 19.3 Å².